The van der Waals surface area contributed by atoms with E-state index in [1.54, 1.807) is 36.5 Å². The molecule has 2 aromatic rings. The summed E-state index contributed by atoms with van der Waals surface area (Å²) in [5.41, 5.74) is 0. The van der Waals surface area contributed by atoms with Crippen LogP contribution in [0.1, 0.15) is 24.8 Å². The first-order valence-electron chi connectivity index (χ1n) is 6.43. The zero-order chi connectivity index (χ0) is 15.4. The van der Waals surface area contributed by atoms with Crippen molar-refractivity contribution in [2.45, 2.75) is 26.0 Å². The number of benzene rings is 1. The fourth-order valence-electron chi connectivity index (χ4n) is 1.75. The van der Waals surface area contributed by atoms with Crippen LogP contribution in [0, 0.1) is 0 Å². The third-order valence-electron chi connectivity index (χ3n) is 2.90. The first-order valence-corrected chi connectivity index (χ1v) is 8.06. The van der Waals surface area contributed by atoms with E-state index in [4.69, 9.17) is 27.9 Å². The first kappa shape index (κ1) is 16.1. The second-order valence-electron chi connectivity index (χ2n) is 4.58. The van der Waals surface area contributed by atoms with Gasteiger partial charge in [0.15, 0.2) is 6.10 Å². The molecule has 0 aliphatic rings. The molecule has 1 aromatic carbocycles. The fourth-order valence-corrected chi connectivity index (χ4v) is 2.94. The summed E-state index contributed by atoms with van der Waals surface area (Å²) in [4.78, 5) is 13.2. The topological polar surface area (TPSA) is 38.3 Å². The number of carbonyl (C=O) groups is 1. The average Bonchev–Trinajstić information content (AvgIpc) is 2.95. The number of rotatable bonds is 5. The summed E-state index contributed by atoms with van der Waals surface area (Å²) in [7, 11) is 0. The Morgan fingerprint density at radius 3 is 2.67 bits per heavy atom. The maximum atomic E-state index is 12.1. The Bertz CT molecular complexity index is 616. The standard InChI is InChI=1S/C15H15Cl2NO2S/c1-9(14-4-3-7-21-14)18-15(19)10(2)20-13-6-5-11(16)8-12(13)17/h3-10H,1-2H3,(H,18,19)/t9-,10-/m0/s1. The first-order chi connectivity index (χ1) is 9.97. The lowest BCUT2D eigenvalue weighted by atomic mass is 10.2. The molecule has 2 atom stereocenters. The van der Waals surface area contributed by atoms with Gasteiger partial charge in [-0.2, -0.15) is 0 Å². The molecular formula is C15H15Cl2NO2S. The van der Waals surface area contributed by atoms with Crippen LogP contribution in [0.3, 0.4) is 0 Å². The van der Waals surface area contributed by atoms with Crippen LogP contribution in [0.4, 0.5) is 0 Å². The van der Waals surface area contributed by atoms with Gasteiger partial charge in [0.25, 0.3) is 5.91 Å². The molecule has 0 aliphatic heterocycles. The van der Waals surface area contributed by atoms with Crippen LogP contribution in [-0.4, -0.2) is 12.0 Å². The highest BCUT2D eigenvalue weighted by Gasteiger charge is 2.19. The van der Waals surface area contributed by atoms with Gasteiger partial charge < -0.3 is 10.1 Å². The van der Waals surface area contributed by atoms with Gasteiger partial charge in [0.05, 0.1) is 11.1 Å². The third-order valence-corrected chi connectivity index (χ3v) is 4.48. The molecule has 3 nitrogen and oxygen atoms in total. The minimum Gasteiger partial charge on any atom is -0.479 e. The summed E-state index contributed by atoms with van der Waals surface area (Å²) >= 11 is 13.5. The van der Waals surface area contributed by atoms with Crippen molar-refractivity contribution in [3.8, 4) is 5.75 Å². The van der Waals surface area contributed by atoms with Crippen LogP contribution in [0.5, 0.6) is 5.75 Å². The van der Waals surface area contributed by atoms with Gasteiger partial charge in [0.2, 0.25) is 0 Å². The molecule has 1 amide bonds. The van der Waals surface area contributed by atoms with E-state index >= 15 is 0 Å². The quantitative estimate of drug-likeness (QED) is 0.854. The molecule has 1 N–H and O–H groups in total. The average molecular weight is 344 g/mol. The zero-order valence-corrected chi connectivity index (χ0v) is 13.9. The second kappa shape index (κ2) is 7.16. The van der Waals surface area contributed by atoms with E-state index in [1.165, 1.54) is 0 Å². The van der Waals surface area contributed by atoms with E-state index in [0.29, 0.717) is 15.8 Å². The normalized spacial score (nSPS) is 13.5. The lowest BCUT2D eigenvalue weighted by Gasteiger charge is -2.18. The van der Waals surface area contributed by atoms with Gasteiger partial charge in [-0.15, -0.1) is 11.3 Å². The highest BCUT2D eigenvalue weighted by atomic mass is 35.5. The number of amides is 1. The molecule has 6 heteroatoms. The number of thiophene rings is 1. The van der Waals surface area contributed by atoms with Crippen molar-refractivity contribution in [2.24, 2.45) is 0 Å². The van der Waals surface area contributed by atoms with Crippen LogP contribution < -0.4 is 10.1 Å². The summed E-state index contributed by atoms with van der Waals surface area (Å²) in [6.07, 6.45) is -0.647. The Labute approximate surface area is 137 Å². The Morgan fingerprint density at radius 2 is 2.05 bits per heavy atom. The molecule has 0 fully saturated rings. The van der Waals surface area contributed by atoms with Crippen molar-refractivity contribution >= 4 is 40.4 Å². The van der Waals surface area contributed by atoms with Crippen LogP contribution >= 0.6 is 34.5 Å². The summed E-state index contributed by atoms with van der Waals surface area (Å²) in [6.45, 7) is 3.62. The smallest absolute Gasteiger partial charge is 0.261 e. The molecule has 0 spiro atoms. The molecule has 112 valence electrons. The van der Waals surface area contributed by atoms with Crippen LogP contribution in [-0.2, 0) is 4.79 Å². The Morgan fingerprint density at radius 1 is 1.29 bits per heavy atom. The maximum Gasteiger partial charge on any atom is 0.261 e. The number of halogens is 2. The van der Waals surface area contributed by atoms with Gasteiger partial charge in [-0.05, 0) is 43.5 Å². The molecule has 0 bridgehead atoms. The van der Waals surface area contributed by atoms with Crippen molar-refractivity contribution in [3.05, 3.63) is 50.6 Å². The van der Waals surface area contributed by atoms with Crippen LogP contribution in [0.25, 0.3) is 0 Å². The van der Waals surface area contributed by atoms with Crippen LogP contribution in [0.15, 0.2) is 35.7 Å². The molecule has 2 rings (SSSR count). The van der Waals surface area contributed by atoms with E-state index in [1.807, 2.05) is 24.4 Å². The predicted octanol–water partition coefficient (Wildman–Crippen LogP) is 4.70. The largest absolute Gasteiger partial charge is 0.479 e. The van der Waals surface area contributed by atoms with Gasteiger partial charge in [0, 0.05) is 9.90 Å². The van der Waals surface area contributed by atoms with E-state index in [2.05, 4.69) is 5.32 Å². The Balaban J connectivity index is 1.96. The van der Waals surface area contributed by atoms with Gasteiger partial charge in [-0.1, -0.05) is 29.3 Å². The van der Waals surface area contributed by atoms with Gasteiger partial charge in [-0.25, -0.2) is 0 Å². The van der Waals surface area contributed by atoms with Gasteiger partial charge in [-0.3, -0.25) is 4.79 Å². The molecule has 21 heavy (non-hydrogen) atoms. The summed E-state index contributed by atoms with van der Waals surface area (Å²) in [5.74, 6) is 0.245. The molecule has 0 saturated carbocycles. The minimum atomic E-state index is -0.647. The van der Waals surface area contributed by atoms with Gasteiger partial charge in [0.1, 0.15) is 5.75 Å². The molecule has 1 aromatic heterocycles. The van der Waals surface area contributed by atoms with E-state index in [-0.39, 0.29) is 11.9 Å². The number of hydrogen-bond acceptors (Lipinski definition) is 3. The summed E-state index contributed by atoms with van der Waals surface area (Å²) in [6, 6.07) is 8.79. The zero-order valence-electron chi connectivity index (χ0n) is 11.6. The third kappa shape index (κ3) is 4.37. The van der Waals surface area contributed by atoms with Crippen molar-refractivity contribution in [3.63, 3.8) is 0 Å². The summed E-state index contributed by atoms with van der Waals surface area (Å²) in [5, 5.41) is 5.79. The SMILES string of the molecule is C[C@H](Oc1ccc(Cl)cc1Cl)C(=O)N[C@@H](C)c1cccs1. The minimum absolute atomic E-state index is 0.0516. The van der Waals surface area contributed by atoms with Crippen molar-refractivity contribution in [1.82, 2.24) is 5.32 Å². The highest BCUT2D eigenvalue weighted by Crippen LogP contribution is 2.28. The lowest BCUT2D eigenvalue weighted by Crippen LogP contribution is -2.37. The van der Waals surface area contributed by atoms with Crippen LogP contribution in [0.2, 0.25) is 10.0 Å². The molecular weight excluding hydrogens is 329 g/mol. The van der Waals surface area contributed by atoms with Crippen molar-refractivity contribution in [2.75, 3.05) is 0 Å². The van der Waals surface area contributed by atoms with Gasteiger partial charge >= 0.3 is 0 Å². The summed E-state index contributed by atoms with van der Waals surface area (Å²) < 4.78 is 5.58. The number of ether oxygens (including phenoxy) is 1. The number of carbonyl (C=O) groups excluding carboxylic acids is 1. The molecule has 0 unspecified atom stereocenters. The highest BCUT2D eigenvalue weighted by molar-refractivity contribution is 7.10. The fraction of sp³-hybridized carbons (Fsp3) is 0.267. The second-order valence-corrected chi connectivity index (χ2v) is 6.40. The Hall–Kier alpha value is -1.23. The monoisotopic (exact) mass is 343 g/mol. The maximum absolute atomic E-state index is 12.1. The van der Waals surface area contributed by atoms with Crippen molar-refractivity contribution < 1.29 is 9.53 Å². The molecule has 0 radical (unpaired) electrons. The number of nitrogens with one attached hydrogen (secondary N) is 1. The molecule has 1 heterocycles. The predicted molar refractivity (Wildman–Crippen MR) is 87.4 cm³/mol. The van der Waals surface area contributed by atoms with E-state index in [0.717, 1.165) is 4.88 Å². The number of hydrogen-bond donors (Lipinski definition) is 1. The van der Waals surface area contributed by atoms with E-state index in [9.17, 15) is 4.79 Å². The molecule has 0 aliphatic carbocycles. The molecule has 0 saturated heterocycles. The lowest BCUT2D eigenvalue weighted by molar-refractivity contribution is -0.127. The Kier molecular flexibility index (Phi) is 5.51. The van der Waals surface area contributed by atoms with E-state index < -0.39 is 6.10 Å². The van der Waals surface area contributed by atoms with Crippen molar-refractivity contribution in [1.29, 1.82) is 0 Å².